The first kappa shape index (κ1) is 11.5. The van der Waals surface area contributed by atoms with Crippen LogP contribution in [0.25, 0.3) is 0 Å². The summed E-state index contributed by atoms with van der Waals surface area (Å²) >= 11 is 6.22. The number of rotatable bonds is 2. The van der Waals surface area contributed by atoms with Gasteiger partial charge in [0.05, 0.1) is 11.6 Å². The molecule has 0 atom stereocenters. The minimum atomic E-state index is -0.186. The highest BCUT2D eigenvalue weighted by Gasteiger charge is 2.09. The van der Waals surface area contributed by atoms with Gasteiger partial charge in [0.15, 0.2) is 0 Å². The van der Waals surface area contributed by atoms with Crippen molar-refractivity contribution in [2.75, 3.05) is 19.1 Å². The van der Waals surface area contributed by atoms with Crippen LogP contribution in [0.15, 0.2) is 22.7 Å². The van der Waals surface area contributed by atoms with Crippen molar-refractivity contribution in [3.8, 4) is 5.75 Å². The molecule has 0 aliphatic rings. The molecule has 0 radical (unpaired) electrons. The van der Waals surface area contributed by atoms with E-state index in [-0.39, 0.29) is 4.82 Å². The van der Waals surface area contributed by atoms with Crippen molar-refractivity contribution >= 4 is 42.4 Å². The Bertz CT molecular complexity index is 355. The van der Waals surface area contributed by atoms with Crippen LogP contribution in [0.5, 0.6) is 5.75 Å². The van der Waals surface area contributed by atoms with Crippen LogP contribution in [-0.4, -0.2) is 19.0 Å². The van der Waals surface area contributed by atoms with E-state index in [9.17, 15) is 4.79 Å². The smallest absolute Gasteiger partial charge is 0.293 e. The molecule has 14 heavy (non-hydrogen) atoms. The van der Waals surface area contributed by atoms with E-state index in [0.29, 0.717) is 0 Å². The molecular weight excluding hydrogens is 314 g/mol. The number of carbonyl (C=O) groups excluding carboxylic acids is 1. The largest absolute Gasteiger partial charge is 0.496 e. The minimum absolute atomic E-state index is 0.186. The van der Waals surface area contributed by atoms with Crippen LogP contribution in [0.1, 0.15) is 0 Å². The summed E-state index contributed by atoms with van der Waals surface area (Å²) in [5.41, 5.74) is 0.791. The van der Waals surface area contributed by atoms with Crippen LogP contribution in [0.4, 0.5) is 10.5 Å². The van der Waals surface area contributed by atoms with Gasteiger partial charge < -0.3 is 9.64 Å². The number of nitrogens with zero attached hydrogens (tertiary/aromatic N) is 1. The highest BCUT2D eigenvalue weighted by Crippen LogP contribution is 2.29. The second-order valence-electron chi connectivity index (χ2n) is 2.63. The van der Waals surface area contributed by atoms with Gasteiger partial charge in [-0.2, -0.15) is 0 Å². The van der Waals surface area contributed by atoms with Crippen LogP contribution in [0, 0.1) is 0 Å². The lowest BCUT2D eigenvalue weighted by molar-refractivity contribution is 0.267. The van der Waals surface area contributed by atoms with Crippen molar-refractivity contribution < 1.29 is 9.53 Å². The minimum Gasteiger partial charge on any atom is -0.496 e. The maximum Gasteiger partial charge on any atom is 0.293 e. The second kappa shape index (κ2) is 4.79. The molecule has 76 valence electrons. The third kappa shape index (κ3) is 2.48. The number of amides is 1. The molecule has 1 amide bonds. The van der Waals surface area contributed by atoms with Crippen molar-refractivity contribution in [2.45, 2.75) is 0 Å². The summed E-state index contributed by atoms with van der Waals surface area (Å²) in [4.78, 5) is 12.3. The molecule has 0 saturated heterocycles. The highest BCUT2D eigenvalue weighted by molar-refractivity contribution is 9.18. The predicted molar refractivity (Wildman–Crippen MR) is 63.4 cm³/mol. The fraction of sp³-hybridized carbons (Fsp3) is 0.222. The fourth-order valence-corrected chi connectivity index (χ4v) is 1.70. The Labute approximate surface area is 99.3 Å². The van der Waals surface area contributed by atoms with Gasteiger partial charge in [-0.25, -0.2) is 0 Å². The van der Waals surface area contributed by atoms with Gasteiger partial charge in [0.2, 0.25) is 0 Å². The van der Waals surface area contributed by atoms with Crippen molar-refractivity contribution in [3.63, 3.8) is 0 Å². The maximum atomic E-state index is 11.0. The summed E-state index contributed by atoms with van der Waals surface area (Å²) in [6, 6.07) is 5.42. The number of benzene rings is 1. The topological polar surface area (TPSA) is 29.5 Å². The molecule has 1 rings (SSSR count). The molecule has 3 nitrogen and oxygen atoms in total. The zero-order chi connectivity index (χ0) is 10.7. The van der Waals surface area contributed by atoms with E-state index in [1.54, 1.807) is 20.2 Å². The third-order valence-electron chi connectivity index (χ3n) is 1.79. The molecule has 0 N–H and O–H groups in total. The summed E-state index contributed by atoms with van der Waals surface area (Å²) in [7, 11) is 3.28. The van der Waals surface area contributed by atoms with E-state index in [2.05, 4.69) is 31.9 Å². The average Bonchev–Trinajstić information content (AvgIpc) is 2.16. The van der Waals surface area contributed by atoms with E-state index in [4.69, 9.17) is 4.74 Å². The molecule has 1 aromatic carbocycles. The molecule has 5 heteroatoms. The van der Waals surface area contributed by atoms with Gasteiger partial charge in [0.25, 0.3) is 4.82 Å². The number of halogens is 2. The number of ether oxygens (including phenoxy) is 1. The Morgan fingerprint density at radius 2 is 2.14 bits per heavy atom. The Balaban J connectivity index is 3.02. The SMILES string of the molecule is COc1ccc(N(C)C(=O)Br)cc1Br. The summed E-state index contributed by atoms with van der Waals surface area (Å²) in [5.74, 6) is 0.740. The van der Waals surface area contributed by atoms with Crippen LogP contribution < -0.4 is 9.64 Å². The van der Waals surface area contributed by atoms with Gasteiger partial charge >= 0.3 is 0 Å². The van der Waals surface area contributed by atoms with Crippen molar-refractivity contribution in [2.24, 2.45) is 0 Å². The molecule has 0 aliphatic carbocycles. The van der Waals surface area contributed by atoms with Crippen LogP contribution in [0.2, 0.25) is 0 Å². The number of hydrogen-bond acceptors (Lipinski definition) is 2. The number of hydrogen-bond donors (Lipinski definition) is 0. The van der Waals surface area contributed by atoms with Gasteiger partial charge in [-0.05, 0) is 34.1 Å². The van der Waals surface area contributed by atoms with E-state index in [1.807, 2.05) is 12.1 Å². The Hall–Kier alpha value is -0.550. The van der Waals surface area contributed by atoms with Crippen LogP contribution in [0.3, 0.4) is 0 Å². The van der Waals surface area contributed by atoms with Crippen LogP contribution >= 0.6 is 31.9 Å². The monoisotopic (exact) mass is 321 g/mol. The van der Waals surface area contributed by atoms with Gasteiger partial charge in [-0.3, -0.25) is 4.79 Å². The predicted octanol–water partition coefficient (Wildman–Crippen LogP) is 3.41. The number of anilines is 1. The Morgan fingerprint density at radius 1 is 1.50 bits per heavy atom. The van der Waals surface area contributed by atoms with Gasteiger partial charge in [-0.1, -0.05) is 0 Å². The van der Waals surface area contributed by atoms with Crippen molar-refractivity contribution in [1.82, 2.24) is 0 Å². The molecule has 0 saturated carbocycles. The summed E-state index contributed by atoms with van der Waals surface area (Å²) in [5, 5.41) is 0. The molecule has 0 aliphatic heterocycles. The fourth-order valence-electron chi connectivity index (χ4n) is 0.965. The average molecular weight is 323 g/mol. The number of carbonyl (C=O) groups is 1. The molecular formula is C9H9Br2NO2. The van der Waals surface area contributed by atoms with Gasteiger partial charge in [0.1, 0.15) is 5.75 Å². The molecule has 0 heterocycles. The lowest BCUT2D eigenvalue weighted by atomic mass is 10.3. The lowest BCUT2D eigenvalue weighted by Gasteiger charge is -2.14. The molecule has 1 aromatic rings. The molecule has 0 fully saturated rings. The molecule has 0 bridgehead atoms. The molecule has 0 aromatic heterocycles. The van der Waals surface area contributed by atoms with E-state index < -0.39 is 0 Å². The quantitative estimate of drug-likeness (QED) is 0.617. The third-order valence-corrected chi connectivity index (χ3v) is 2.94. The van der Waals surface area contributed by atoms with E-state index >= 15 is 0 Å². The highest BCUT2D eigenvalue weighted by atomic mass is 79.9. The van der Waals surface area contributed by atoms with E-state index in [1.165, 1.54) is 4.90 Å². The summed E-state index contributed by atoms with van der Waals surface area (Å²) < 4.78 is 5.90. The summed E-state index contributed by atoms with van der Waals surface area (Å²) in [6.07, 6.45) is 0. The lowest BCUT2D eigenvalue weighted by Crippen LogP contribution is -2.18. The maximum absolute atomic E-state index is 11.0. The van der Waals surface area contributed by atoms with Gasteiger partial charge in [0, 0.05) is 28.7 Å². The first-order valence-electron chi connectivity index (χ1n) is 3.83. The zero-order valence-electron chi connectivity index (χ0n) is 7.75. The van der Waals surface area contributed by atoms with Gasteiger partial charge in [-0.15, -0.1) is 0 Å². The zero-order valence-corrected chi connectivity index (χ0v) is 10.9. The van der Waals surface area contributed by atoms with Crippen molar-refractivity contribution in [3.05, 3.63) is 22.7 Å². The normalized spacial score (nSPS) is 9.71. The standard InChI is InChI=1S/C9H9Br2NO2/c1-12(9(11)13)6-3-4-8(14-2)7(10)5-6/h3-5H,1-2H3. The number of methoxy groups -OCH3 is 1. The second-order valence-corrected chi connectivity index (χ2v) is 4.16. The Kier molecular flexibility index (Phi) is 3.95. The van der Waals surface area contributed by atoms with Crippen molar-refractivity contribution in [1.29, 1.82) is 0 Å². The summed E-state index contributed by atoms with van der Waals surface area (Å²) in [6.45, 7) is 0. The van der Waals surface area contributed by atoms with Crippen LogP contribution in [-0.2, 0) is 0 Å². The first-order valence-corrected chi connectivity index (χ1v) is 5.41. The van der Waals surface area contributed by atoms with E-state index in [0.717, 1.165) is 15.9 Å². The first-order chi connectivity index (χ1) is 6.56. The molecule has 0 unspecified atom stereocenters. The molecule has 0 spiro atoms. The Morgan fingerprint density at radius 3 is 2.57 bits per heavy atom.